The van der Waals surface area contributed by atoms with Crippen LogP contribution >= 0.6 is 0 Å². The first-order valence-electron chi connectivity index (χ1n) is 8.20. The number of methoxy groups -OCH3 is 1. The second kappa shape index (κ2) is 6.37. The first-order valence-corrected chi connectivity index (χ1v) is 8.20. The Morgan fingerprint density at radius 2 is 2.00 bits per heavy atom. The summed E-state index contributed by atoms with van der Waals surface area (Å²) < 4.78 is 12.0. The number of benzene rings is 1. The number of likely N-dealkylation sites (tertiary alicyclic amines) is 1. The highest BCUT2D eigenvalue weighted by molar-refractivity contribution is 5.31. The van der Waals surface area contributed by atoms with Crippen molar-refractivity contribution in [3.63, 3.8) is 0 Å². The van der Waals surface area contributed by atoms with Gasteiger partial charge in [0.15, 0.2) is 0 Å². The number of hydrogen-bond acceptors (Lipinski definition) is 3. The molecule has 0 bridgehead atoms. The maximum atomic E-state index is 6.07. The molecule has 3 heteroatoms. The van der Waals surface area contributed by atoms with Gasteiger partial charge in [0, 0.05) is 26.2 Å². The van der Waals surface area contributed by atoms with Crippen LogP contribution in [0.4, 0.5) is 0 Å². The molecule has 1 atom stereocenters. The van der Waals surface area contributed by atoms with Crippen LogP contribution in [0.5, 0.6) is 5.75 Å². The largest absolute Gasteiger partial charge is 0.490 e. The van der Waals surface area contributed by atoms with Crippen molar-refractivity contribution in [1.82, 2.24) is 4.90 Å². The topological polar surface area (TPSA) is 21.7 Å². The van der Waals surface area contributed by atoms with Crippen LogP contribution in [0.15, 0.2) is 24.3 Å². The monoisotopic (exact) mass is 289 g/mol. The summed E-state index contributed by atoms with van der Waals surface area (Å²) in [5.41, 5.74) is 1.06. The maximum absolute atomic E-state index is 6.07. The van der Waals surface area contributed by atoms with Crippen molar-refractivity contribution in [1.29, 1.82) is 0 Å². The van der Waals surface area contributed by atoms with Crippen LogP contribution in [0.3, 0.4) is 0 Å². The van der Waals surface area contributed by atoms with Gasteiger partial charge in [0.05, 0.1) is 0 Å². The molecule has 1 aliphatic carbocycles. The Morgan fingerprint density at radius 1 is 1.24 bits per heavy atom. The Labute approximate surface area is 128 Å². The van der Waals surface area contributed by atoms with Crippen LogP contribution in [0, 0.1) is 6.92 Å². The molecule has 116 valence electrons. The third kappa shape index (κ3) is 3.24. The molecule has 2 aliphatic rings. The smallest absolute Gasteiger partial charge is 0.122 e. The number of rotatable bonds is 5. The second-order valence-electron chi connectivity index (χ2n) is 6.60. The average Bonchev–Trinajstić information content (AvgIpc) is 3.16. The van der Waals surface area contributed by atoms with Crippen molar-refractivity contribution in [3.05, 3.63) is 29.8 Å². The molecule has 1 unspecified atom stereocenters. The third-order valence-electron chi connectivity index (χ3n) is 5.20. The lowest BCUT2D eigenvalue weighted by molar-refractivity contribution is -0.0379. The van der Waals surface area contributed by atoms with Crippen molar-refractivity contribution in [2.45, 2.75) is 50.7 Å². The van der Waals surface area contributed by atoms with Gasteiger partial charge in [0.25, 0.3) is 0 Å². The van der Waals surface area contributed by atoms with Crippen LogP contribution in [0.25, 0.3) is 0 Å². The Kier molecular flexibility index (Phi) is 4.51. The number of nitrogens with zero attached hydrogens (tertiary/aromatic N) is 1. The summed E-state index contributed by atoms with van der Waals surface area (Å²) >= 11 is 0. The van der Waals surface area contributed by atoms with Gasteiger partial charge in [-0.25, -0.2) is 0 Å². The minimum absolute atomic E-state index is 0.134. The van der Waals surface area contributed by atoms with Gasteiger partial charge in [0.2, 0.25) is 0 Å². The summed E-state index contributed by atoms with van der Waals surface area (Å²) in [6.45, 7) is 4.90. The van der Waals surface area contributed by atoms with E-state index in [4.69, 9.17) is 9.47 Å². The molecule has 0 N–H and O–H groups in total. The van der Waals surface area contributed by atoms with Crippen LogP contribution in [0.1, 0.15) is 37.7 Å². The number of aryl methyl sites for hydroxylation is 1. The van der Waals surface area contributed by atoms with Crippen molar-refractivity contribution < 1.29 is 9.47 Å². The lowest BCUT2D eigenvalue weighted by Gasteiger charge is -2.30. The molecule has 1 heterocycles. The minimum Gasteiger partial charge on any atom is -0.490 e. The van der Waals surface area contributed by atoms with E-state index in [-0.39, 0.29) is 5.60 Å². The molecule has 0 radical (unpaired) electrons. The highest BCUT2D eigenvalue weighted by Gasteiger charge is 2.42. The van der Waals surface area contributed by atoms with E-state index in [1.54, 1.807) is 0 Å². The van der Waals surface area contributed by atoms with Gasteiger partial charge in [0.1, 0.15) is 18.0 Å². The van der Waals surface area contributed by atoms with E-state index >= 15 is 0 Å². The lowest BCUT2D eigenvalue weighted by Crippen LogP contribution is -2.43. The molecule has 0 amide bonds. The minimum atomic E-state index is -0.134. The van der Waals surface area contributed by atoms with Gasteiger partial charge in [-0.05, 0) is 37.8 Å². The van der Waals surface area contributed by atoms with Gasteiger partial charge in [-0.15, -0.1) is 0 Å². The van der Waals surface area contributed by atoms with E-state index < -0.39 is 0 Å². The molecule has 0 aromatic heterocycles. The summed E-state index contributed by atoms with van der Waals surface area (Å²) in [5.74, 6) is 0.980. The predicted octanol–water partition coefficient (Wildman–Crippen LogP) is 3.41. The van der Waals surface area contributed by atoms with E-state index in [1.165, 1.54) is 31.2 Å². The molecule has 3 rings (SSSR count). The van der Waals surface area contributed by atoms with Gasteiger partial charge >= 0.3 is 0 Å². The molecule has 21 heavy (non-hydrogen) atoms. The molecule has 1 saturated carbocycles. The van der Waals surface area contributed by atoms with Gasteiger partial charge in [-0.3, -0.25) is 4.90 Å². The molecular formula is C18H27NO2. The Bertz CT molecular complexity index is 470. The number of hydrogen-bond donors (Lipinski definition) is 0. The quantitative estimate of drug-likeness (QED) is 0.829. The van der Waals surface area contributed by atoms with Crippen molar-refractivity contribution >= 4 is 0 Å². The predicted molar refractivity (Wildman–Crippen MR) is 84.9 cm³/mol. The molecular weight excluding hydrogens is 262 g/mol. The van der Waals surface area contributed by atoms with Crippen LogP contribution in [-0.2, 0) is 4.74 Å². The highest BCUT2D eigenvalue weighted by atomic mass is 16.5. The second-order valence-corrected chi connectivity index (χ2v) is 6.60. The summed E-state index contributed by atoms with van der Waals surface area (Å²) in [7, 11) is 1.83. The summed E-state index contributed by atoms with van der Waals surface area (Å²) in [6.07, 6.45) is 6.57. The molecule has 1 aromatic carbocycles. The number of ether oxygens (including phenoxy) is 2. The normalized spacial score (nSPS) is 27.3. The van der Waals surface area contributed by atoms with E-state index in [0.717, 1.165) is 31.3 Å². The van der Waals surface area contributed by atoms with Crippen LogP contribution in [0.2, 0.25) is 0 Å². The average molecular weight is 289 g/mol. The Balaban J connectivity index is 1.61. The zero-order valence-corrected chi connectivity index (χ0v) is 13.3. The third-order valence-corrected chi connectivity index (χ3v) is 5.20. The maximum Gasteiger partial charge on any atom is 0.122 e. The van der Waals surface area contributed by atoms with E-state index in [2.05, 4.69) is 17.9 Å². The number of para-hydroxylation sites is 1. The fourth-order valence-corrected chi connectivity index (χ4v) is 3.73. The van der Waals surface area contributed by atoms with Gasteiger partial charge in [-0.2, -0.15) is 0 Å². The summed E-state index contributed by atoms with van der Waals surface area (Å²) in [6, 6.07) is 8.99. The molecule has 2 fully saturated rings. The van der Waals surface area contributed by atoms with Gasteiger partial charge < -0.3 is 9.47 Å². The zero-order chi connectivity index (χ0) is 14.7. The van der Waals surface area contributed by atoms with Gasteiger partial charge in [-0.1, -0.05) is 31.0 Å². The Morgan fingerprint density at radius 3 is 2.71 bits per heavy atom. The first kappa shape index (κ1) is 14.9. The molecule has 1 saturated heterocycles. The highest BCUT2D eigenvalue weighted by Crippen LogP contribution is 2.33. The molecule has 3 nitrogen and oxygen atoms in total. The zero-order valence-electron chi connectivity index (χ0n) is 13.3. The lowest BCUT2D eigenvalue weighted by atomic mass is 10.0. The van der Waals surface area contributed by atoms with E-state index in [1.807, 2.05) is 25.3 Å². The standard InChI is InChI=1S/C18H27NO2/c1-15-7-3-6-10-17(15)21-14-18(20-2)11-12-19(13-18)16-8-4-5-9-16/h3,6-7,10,16H,4-5,8-9,11-14H2,1-2H3. The van der Waals surface area contributed by atoms with Crippen molar-refractivity contribution in [3.8, 4) is 5.75 Å². The van der Waals surface area contributed by atoms with E-state index in [9.17, 15) is 0 Å². The Hall–Kier alpha value is -1.06. The fraction of sp³-hybridized carbons (Fsp3) is 0.667. The summed E-state index contributed by atoms with van der Waals surface area (Å²) in [5, 5.41) is 0. The molecule has 1 aromatic rings. The van der Waals surface area contributed by atoms with E-state index in [0.29, 0.717) is 6.61 Å². The summed E-state index contributed by atoms with van der Waals surface area (Å²) in [4.78, 5) is 2.62. The first-order chi connectivity index (χ1) is 10.2. The molecule has 0 spiro atoms. The SMILES string of the molecule is COC1(COc2ccccc2C)CCN(C2CCCC2)C1. The fourth-order valence-electron chi connectivity index (χ4n) is 3.73. The van der Waals surface area contributed by atoms with Crippen LogP contribution in [-0.4, -0.2) is 43.3 Å². The van der Waals surface area contributed by atoms with Crippen molar-refractivity contribution in [2.24, 2.45) is 0 Å². The van der Waals surface area contributed by atoms with Crippen molar-refractivity contribution in [2.75, 3.05) is 26.8 Å². The molecule has 1 aliphatic heterocycles. The van der Waals surface area contributed by atoms with Crippen LogP contribution < -0.4 is 4.74 Å².